The van der Waals surface area contributed by atoms with Crippen molar-refractivity contribution in [2.24, 2.45) is 0 Å². The highest BCUT2D eigenvalue weighted by Gasteiger charge is 2.15. The molecule has 0 bridgehead atoms. The average molecular weight is 326 g/mol. The van der Waals surface area contributed by atoms with Gasteiger partial charge in [-0.3, -0.25) is 0 Å². The van der Waals surface area contributed by atoms with Gasteiger partial charge in [-0.15, -0.1) is 0 Å². The molecular formula is C18H18N2O2S. The molecule has 0 N–H and O–H groups in total. The highest BCUT2D eigenvalue weighted by molar-refractivity contribution is 7.71. The summed E-state index contributed by atoms with van der Waals surface area (Å²) in [6.45, 7) is 0.958. The third kappa shape index (κ3) is 2.55. The molecule has 0 amide bonds. The molecule has 5 heteroatoms. The minimum absolute atomic E-state index is 0.647. The number of nitrogens with zero attached hydrogens (tertiary/aromatic N) is 2. The Morgan fingerprint density at radius 1 is 1.17 bits per heavy atom. The predicted octanol–water partition coefficient (Wildman–Crippen LogP) is 4.76. The third-order valence-corrected chi connectivity index (χ3v) is 4.83. The Morgan fingerprint density at radius 2 is 2.00 bits per heavy atom. The van der Waals surface area contributed by atoms with Gasteiger partial charge in [0.05, 0.1) is 12.5 Å². The molecule has 0 saturated carbocycles. The lowest BCUT2D eigenvalue weighted by atomic mass is 10.1. The number of fused-ring (bicyclic) bond motifs is 2. The molecule has 0 aliphatic carbocycles. The topological polar surface area (TPSA) is 40.2 Å². The summed E-state index contributed by atoms with van der Waals surface area (Å²) >= 11 is 5.69. The molecule has 0 radical (unpaired) electrons. The Hall–Kier alpha value is -2.14. The van der Waals surface area contributed by atoms with E-state index in [9.17, 15) is 0 Å². The van der Waals surface area contributed by atoms with Gasteiger partial charge >= 0.3 is 0 Å². The van der Waals surface area contributed by atoms with E-state index in [1.807, 2.05) is 30.3 Å². The summed E-state index contributed by atoms with van der Waals surface area (Å²) in [5.41, 5.74) is 1.65. The molecule has 0 saturated heterocycles. The molecule has 23 heavy (non-hydrogen) atoms. The van der Waals surface area contributed by atoms with Crippen molar-refractivity contribution in [3.05, 3.63) is 40.8 Å². The number of methoxy groups -OCH3 is 1. The second-order valence-electron chi connectivity index (χ2n) is 5.85. The highest BCUT2D eigenvalue weighted by Crippen LogP contribution is 2.30. The quantitative estimate of drug-likeness (QED) is 0.637. The Balaban J connectivity index is 1.84. The molecule has 3 aromatic rings. The maximum Gasteiger partial charge on any atom is 0.231 e. The highest BCUT2D eigenvalue weighted by atomic mass is 32.1. The van der Waals surface area contributed by atoms with Gasteiger partial charge in [0.2, 0.25) is 5.71 Å². The van der Waals surface area contributed by atoms with Crippen molar-refractivity contribution in [3.63, 3.8) is 0 Å². The van der Waals surface area contributed by atoms with Crippen molar-refractivity contribution >= 4 is 23.3 Å². The molecular weight excluding hydrogens is 308 g/mol. The van der Waals surface area contributed by atoms with Gasteiger partial charge in [0.1, 0.15) is 22.0 Å². The van der Waals surface area contributed by atoms with Gasteiger partial charge in [-0.2, -0.15) is 4.98 Å². The summed E-state index contributed by atoms with van der Waals surface area (Å²) in [6.07, 6.45) is 4.53. The van der Waals surface area contributed by atoms with Crippen LogP contribution in [0.2, 0.25) is 0 Å². The number of hydrogen-bond acceptors (Lipinski definition) is 4. The fourth-order valence-corrected chi connectivity index (χ4v) is 3.45. The van der Waals surface area contributed by atoms with E-state index >= 15 is 0 Å². The Bertz CT molecular complexity index is 909. The lowest BCUT2D eigenvalue weighted by molar-refractivity contribution is 0.415. The first-order valence-corrected chi connectivity index (χ1v) is 8.35. The van der Waals surface area contributed by atoms with E-state index in [1.165, 1.54) is 12.8 Å². The Morgan fingerprint density at radius 3 is 2.78 bits per heavy atom. The van der Waals surface area contributed by atoms with Crippen LogP contribution in [0.1, 0.15) is 25.1 Å². The molecule has 4 rings (SSSR count). The Kier molecular flexibility index (Phi) is 3.65. The second kappa shape index (κ2) is 5.81. The van der Waals surface area contributed by atoms with E-state index in [1.54, 1.807) is 7.11 Å². The normalized spacial score (nSPS) is 14.5. The molecule has 3 heterocycles. The zero-order chi connectivity index (χ0) is 15.8. The summed E-state index contributed by atoms with van der Waals surface area (Å²) in [4.78, 5) is 4.72. The van der Waals surface area contributed by atoms with E-state index in [0.717, 1.165) is 52.3 Å². The molecule has 118 valence electrons. The van der Waals surface area contributed by atoms with Crippen molar-refractivity contribution in [1.29, 1.82) is 0 Å². The minimum atomic E-state index is 0.647. The fraction of sp³-hybridized carbons (Fsp3) is 0.333. The van der Waals surface area contributed by atoms with Crippen molar-refractivity contribution in [3.8, 4) is 17.1 Å². The van der Waals surface area contributed by atoms with Crippen LogP contribution in [0, 0.1) is 4.64 Å². The number of hydrogen-bond donors (Lipinski definition) is 0. The van der Waals surface area contributed by atoms with Crippen LogP contribution in [0.4, 0.5) is 0 Å². The van der Waals surface area contributed by atoms with Crippen LogP contribution < -0.4 is 4.74 Å². The smallest absolute Gasteiger partial charge is 0.231 e. The van der Waals surface area contributed by atoms with Crippen LogP contribution in [-0.2, 0) is 13.0 Å². The maximum atomic E-state index is 5.98. The summed E-state index contributed by atoms with van der Waals surface area (Å²) in [5, 5.41) is 0.927. The first-order valence-electron chi connectivity index (χ1n) is 7.94. The zero-order valence-electron chi connectivity index (χ0n) is 13.0. The SMILES string of the molecule is COc1ccc(-c2cc3c(=S)n4c(nc3o2)CCCCC4)cc1. The van der Waals surface area contributed by atoms with E-state index in [-0.39, 0.29) is 0 Å². The van der Waals surface area contributed by atoms with Crippen LogP contribution in [0.25, 0.3) is 22.4 Å². The van der Waals surface area contributed by atoms with Gasteiger partial charge in [-0.1, -0.05) is 18.6 Å². The number of ether oxygens (including phenoxy) is 1. The van der Waals surface area contributed by atoms with Gasteiger partial charge in [0, 0.05) is 18.5 Å². The van der Waals surface area contributed by atoms with Gasteiger partial charge in [-0.25, -0.2) is 0 Å². The summed E-state index contributed by atoms with van der Waals surface area (Å²) < 4.78 is 14.2. The minimum Gasteiger partial charge on any atom is -0.497 e. The van der Waals surface area contributed by atoms with Crippen LogP contribution in [0.3, 0.4) is 0 Å². The standard InChI is InChI=1S/C18H18N2O2S/c1-21-13-8-6-12(7-9-13)15-11-14-17(22-15)19-16-5-3-2-4-10-20(16)18(14)23/h6-9,11H,2-5,10H2,1H3. The lowest BCUT2D eigenvalue weighted by Gasteiger charge is -2.08. The van der Waals surface area contributed by atoms with Crippen LogP contribution in [-0.4, -0.2) is 16.7 Å². The lowest BCUT2D eigenvalue weighted by Crippen LogP contribution is -2.07. The monoisotopic (exact) mass is 326 g/mol. The van der Waals surface area contributed by atoms with E-state index in [0.29, 0.717) is 5.71 Å². The number of furan rings is 1. The third-order valence-electron chi connectivity index (χ3n) is 4.39. The molecule has 4 nitrogen and oxygen atoms in total. The first-order chi connectivity index (χ1) is 11.3. The van der Waals surface area contributed by atoms with E-state index in [4.69, 9.17) is 26.4 Å². The van der Waals surface area contributed by atoms with Crippen LogP contribution in [0.5, 0.6) is 5.75 Å². The first kappa shape index (κ1) is 14.5. The number of rotatable bonds is 2. The van der Waals surface area contributed by atoms with Crippen molar-refractivity contribution in [1.82, 2.24) is 9.55 Å². The molecule has 0 fully saturated rings. The van der Waals surface area contributed by atoms with Crippen LogP contribution >= 0.6 is 12.2 Å². The number of aromatic nitrogens is 2. The molecule has 0 spiro atoms. The molecule has 1 aliphatic rings. The molecule has 1 aromatic carbocycles. The van der Waals surface area contributed by atoms with Crippen molar-refractivity contribution in [2.45, 2.75) is 32.2 Å². The van der Waals surface area contributed by atoms with Gasteiger partial charge in [0.15, 0.2) is 0 Å². The van der Waals surface area contributed by atoms with Gasteiger partial charge < -0.3 is 13.7 Å². The maximum absolute atomic E-state index is 5.98. The van der Waals surface area contributed by atoms with Crippen molar-refractivity contribution < 1.29 is 9.15 Å². The van der Waals surface area contributed by atoms with E-state index in [2.05, 4.69) is 4.57 Å². The molecule has 0 atom stereocenters. The van der Waals surface area contributed by atoms with Crippen LogP contribution in [0.15, 0.2) is 34.7 Å². The second-order valence-corrected chi connectivity index (χ2v) is 6.24. The Labute approximate surface area is 139 Å². The largest absolute Gasteiger partial charge is 0.497 e. The fourth-order valence-electron chi connectivity index (χ4n) is 3.11. The summed E-state index contributed by atoms with van der Waals surface area (Å²) in [7, 11) is 1.66. The van der Waals surface area contributed by atoms with Gasteiger partial charge in [0.25, 0.3) is 0 Å². The van der Waals surface area contributed by atoms with E-state index < -0.39 is 0 Å². The molecule has 2 aromatic heterocycles. The molecule has 1 aliphatic heterocycles. The predicted molar refractivity (Wildman–Crippen MR) is 92.4 cm³/mol. The van der Waals surface area contributed by atoms with Crippen molar-refractivity contribution in [2.75, 3.05) is 7.11 Å². The average Bonchev–Trinajstić information content (AvgIpc) is 2.86. The molecule has 0 unspecified atom stereocenters. The zero-order valence-corrected chi connectivity index (χ0v) is 13.9. The summed E-state index contributed by atoms with van der Waals surface area (Å²) in [5.74, 6) is 2.67. The summed E-state index contributed by atoms with van der Waals surface area (Å²) in [6, 6.07) is 9.82. The number of aryl methyl sites for hydroxylation is 1. The van der Waals surface area contributed by atoms with Gasteiger partial charge in [-0.05, 0) is 43.2 Å². The number of benzene rings is 1.